The van der Waals surface area contributed by atoms with Gasteiger partial charge in [0.1, 0.15) is 33.8 Å². The molecule has 8 heteroatoms. The van der Waals surface area contributed by atoms with Crippen LogP contribution in [0.1, 0.15) is 32.4 Å². The van der Waals surface area contributed by atoms with Crippen LogP contribution in [-0.4, -0.2) is 29.7 Å². The van der Waals surface area contributed by atoms with E-state index in [0.29, 0.717) is 40.1 Å². The van der Waals surface area contributed by atoms with Crippen molar-refractivity contribution in [3.05, 3.63) is 69.7 Å². The number of esters is 1. The summed E-state index contributed by atoms with van der Waals surface area (Å²) in [6.07, 6.45) is 4.83. The number of methoxy groups -OCH3 is 1. The van der Waals surface area contributed by atoms with Crippen molar-refractivity contribution in [1.29, 1.82) is 0 Å². The zero-order valence-electron chi connectivity index (χ0n) is 16.2. The Morgan fingerprint density at radius 2 is 1.97 bits per heavy atom. The zero-order valence-corrected chi connectivity index (χ0v) is 17.0. The standard InChI is InChI=1S/C21H21FN2O4S/c1-14-20(29-19(24-14)13-28-17-7-5-16(22)6-8-17)21(25)27-9-3-4-15-10-18(26-2)12-23-11-15/h5-8,10-12H,3-4,9,13H2,1-2H3. The summed E-state index contributed by atoms with van der Waals surface area (Å²) < 4.78 is 29.0. The lowest BCUT2D eigenvalue weighted by atomic mass is 10.1. The van der Waals surface area contributed by atoms with Gasteiger partial charge in [-0.1, -0.05) is 0 Å². The Bertz CT molecular complexity index is 960. The first kappa shape index (κ1) is 20.7. The van der Waals surface area contributed by atoms with Crippen LogP contribution in [0, 0.1) is 12.7 Å². The van der Waals surface area contributed by atoms with Crippen LogP contribution in [0.25, 0.3) is 0 Å². The largest absolute Gasteiger partial charge is 0.495 e. The van der Waals surface area contributed by atoms with Gasteiger partial charge in [-0.15, -0.1) is 11.3 Å². The molecule has 3 rings (SSSR count). The Hall–Kier alpha value is -3.00. The van der Waals surface area contributed by atoms with Crippen LogP contribution in [0.5, 0.6) is 11.5 Å². The highest BCUT2D eigenvalue weighted by molar-refractivity contribution is 7.13. The predicted octanol–water partition coefficient (Wildman–Crippen LogP) is 4.36. The lowest BCUT2D eigenvalue weighted by Gasteiger charge is -2.05. The monoisotopic (exact) mass is 416 g/mol. The Morgan fingerprint density at radius 3 is 2.72 bits per heavy atom. The second-order valence-corrected chi connectivity index (χ2v) is 7.32. The van der Waals surface area contributed by atoms with Crippen LogP contribution in [0.3, 0.4) is 0 Å². The zero-order chi connectivity index (χ0) is 20.6. The number of benzene rings is 1. The lowest BCUT2D eigenvalue weighted by molar-refractivity contribution is 0.0505. The van der Waals surface area contributed by atoms with Crippen molar-refractivity contribution >= 4 is 17.3 Å². The van der Waals surface area contributed by atoms with Crippen LogP contribution in [-0.2, 0) is 17.8 Å². The minimum atomic E-state index is -0.392. The third-order valence-corrected chi connectivity index (χ3v) is 5.16. The lowest BCUT2D eigenvalue weighted by Crippen LogP contribution is -2.07. The van der Waals surface area contributed by atoms with Gasteiger partial charge in [0.2, 0.25) is 0 Å². The maximum Gasteiger partial charge on any atom is 0.350 e. The normalized spacial score (nSPS) is 10.6. The maximum atomic E-state index is 12.9. The molecule has 0 unspecified atom stereocenters. The predicted molar refractivity (Wildman–Crippen MR) is 107 cm³/mol. The highest BCUT2D eigenvalue weighted by atomic mass is 32.1. The van der Waals surface area contributed by atoms with Crippen LogP contribution < -0.4 is 9.47 Å². The summed E-state index contributed by atoms with van der Waals surface area (Å²) in [6.45, 7) is 2.26. The quantitative estimate of drug-likeness (QED) is 0.381. The first-order valence-corrected chi connectivity index (χ1v) is 9.86. The first-order valence-electron chi connectivity index (χ1n) is 9.05. The number of aromatic nitrogens is 2. The van der Waals surface area contributed by atoms with Gasteiger partial charge in [-0.05, 0) is 55.7 Å². The molecule has 0 amide bonds. The Kier molecular flexibility index (Phi) is 7.13. The van der Waals surface area contributed by atoms with Gasteiger partial charge in [-0.25, -0.2) is 14.2 Å². The molecule has 152 valence electrons. The molecule has 0 spiro atoms. The third-order valence-electron chi connectivity index (χ3n) is 4.05. The number of hydrogen-bond acceptors (Lipinski definition) is 7. The summed E-state index contributed by atoms with van der Waals surface area (Å²) in [7, 11) is 1.60. The summed E-state index contributed by atoms with van der Waals surface area (Å²) in [5, 5.41) is 0.654. The summed E-state index contributed by atoms with van der Waals surface area (Å²) in [5.74, 6) is 0.525. The molecule has 6 nitrogen and oxygen atoms in total. The summed E-state index contributed by atoms with van der Waals surface area (Å²) >= 11 is 1.24. The van der Waals surface area contributed by atoms with E-state index in [4.69, 9.17) is 14.2 Å². The van der Waals surface area contributed by atoms with Crippen molar-refractivity contribution in [1.82, 2.24) is 9.97 Å². The fourth-order valence-electron chi connectivity index (χ4n) is 2.60. The van der Waals surface area contributed by atoms with Crippen LogP contribution in [0.4, 0.5) is 4.39 Å². The van der Waals surface area contributed by atoms with Crippen molar-refractivity contribution < 1.29 is 23.4 Å². The SMILES string of the molecule is COc1cncc(CCCOC(=O)c2sc(COc3ccc(F)cc3)nc2C)c1. The highest BCUT2D eigenvalue weighted by Gasteiger charge is 2.17. The van der Waals surface area contributed by atoms with Gasteiger partial charge < -0.3 is 14.2 Å². The number of carbonyl (C=O) groups excluding carboxylic acids is 1. The van der Waals surface area contributed by atoms with Crippen molar-refractivity contribution in [3.63, 3.8) is 0 Å². The van der Waals surface area contributed by atoms with E-state index >= 15 is 0 Å². The molecule has 0 radical (unpaired) electrons. The van der Waals surface area contributed by atoms with Crippen molar-refractivity contribution in [3.8, 4) is 11.5 Å². The average Bonchev–Trinajstić information content (AvgIpc) is 3.11. The fraction of sp³-hybridized carbons (Fsp3) is 0.286. The molecule has 0 fully saturated rings. The molecule has 3 aromatic rings. The minimum absolute atomic E-state index is 0.202. The van der Waals surface area contributed by atoms with Crippen LogP contribution >= 0.6 is 11.3 Å². The Morgan fingerprint density at radius 1 is 1.17 bits per heavy atom. The molecule has 2 aromatic heterocycles. The number of hydrogen-bond donors (Lipinski definition) is 0. The van der Waals surface area contributed by atoms with Crippen LogP contribution in [0.15, 0.2) is 42.7 Å². The molecular weight excluding hydrogens is 395 g/mol. The molecule has 29 heavy (non-hydrogen) atoms. The molecule has 0 saturated carbocycles. The number of nitrogens with zero attached hydrogens (tertiary/aromatic N) is 2. The van der Waals surface area contributed by atoms with Gasteiger partial charge in [-0.3, -0.25) is 4.98 Å². The van der Waals surface area contributed by atoms with E-state index in [0.717, 1.165) is 12.0 Å². The first-order chi connectivity index (χ1) is 14.0. The van der Waals surface area contributed by atoms with Crippen molar-refractivity contribution in [2.24, 2.45) is 0 Å². The minimum Gasteiger partial charge on any atom is -0.495 e. The summed E-state index contributed by atoms with van der Waals surface area (Å²) in [4.78, 5) is 21.3. The van der Waals surface area contributed by atoms with E-state index in [1.807, 2.05) is 6.07 Å². The van der Waals surface area contributed by atoms with Gasteiger partial charge in [0.25, 0.3) is 0 Å². The van der Waals surface area contributed by atoms with E-state index < -0.39 is 5.97 Å². The molecule has 0 aliphatic heterocycles. The Balaban J connectivity index is 1.47. The Labute approximate surface area is 172 Å². The number of carbonyl (C=O) groups is 1. The second kappa shape index (κ2) is 9.97. The molecule has 0 bridgehead atoms. The third kappa shape index (κ3) is 5.99. The summed E-state index contributed by atoms with van der Waals surface area (Å²) in [5.41, 5.74) is 1.63. The average molecular weight is 416 g/mol. The van der Waals surface area contributed by atoms with E-state index in [2.05, 4.69) is 9.97 Å². The highest BCUT2D eigenvalue weighted by Crippen LogP contribution is 2.21. The van der Waals surface area contributed by atoms with E-state index in [-0.39, 0.29) is 12.4 Å². The fourth-order valence-corrected chi connectivity index (χ4v) is 3.47. The molecular formula is C21H21FN2O4S. The van der Waals surface area contributed by atoms with Gasteiger partial charge in [0.05, 0.1) is 25.6 Å². The van der Waals surface area contributed by atoms with E-state index in [1.54, 1.807) is 38.6 Å². The van der Waals surface area contributed by atoms with Gasteiger partial charge >= 0.3 is 5.97 Å². The molecule has 0 N–H and O–H groups in total. The topological polar surface area (TPSA) is 70.5 Å². The van der Waals surface area contributed by atoms with E-state index in [9.17, 15) is 9.18 Å². The number of pyridine rings is 1. The number of ether oxygens (including phenoxy) is 3. The smallest absolute Gasteiger partial charge is 0.350 e. The molecule has 0 aliphatic rings. The second-order valence-electron chi connectivity index (χ2n) is 6.24. The number of rotatable bonds is 9. The van der Waals surface area contributed by atoms with Gasteiger partial charge in [-0.2, -0.15) is 0 Å². The number of thiazole rings is 1. The van der Waals surface area contributed by atoms with Gasteiger partial charge in [0.15, 0.2) is 0 Å². The van der Waals surface area contributed by atoms with E-state index in [1.165, 1.54) is 23.5 Å². The molecule has 2 heterocycles. The van der Waals surface area contributed by atoms with Crippen molar-refractivity contribution in [2.75, 3.05) is 13.7 Å². The van der Waals surface area contributed by atoms with Gasteiger partial charge in [0, 0.05) is 6.20 Å². The molecule has 1 aromatic carbocycles. The number of aryl methyl sites for hydroxylation is 2. The number of halogens is 1. The molecule has 0 saturated heterocycles. The molecule has 0 atom stereocenters. The van der Waals surface area contributed by atoms with Crippen LogP contribution in [0.2, 0.25) is 0 Å². The summed E-state index contributed by atoms with van der Waals surface area (Å²) in [6, 6.07) is 7.65. The van der Waals surface area contributed by atoms with Crippen molar-refractivity contribution in [2.45, 2.75) is 26.4 Å². The molecule has 0 aliphatic carbocycles. The maximum absolute atomic E-state index is 12.9.